The Labute approximate surface area is 96.1 Å². The summed E-state index contributed by atoms with van der Waals surface area (Å²) in [6.07, 6.45) is -0.673. The van der Waals surface area contributed by atoms with E-state index in [-0.39, 0.29) is 6.42 Å². The molecular weight excluding hydrogens is 257 g/mol. The number of rotatable bonds is 6. The molecule has 10 heteroatoms. The molecule has 0 amide bonds. The SMILES string of the molecule is CC(=O)OP(=O)(O)OC(=O)[C@@H](N)CCC(=O)O. The van der Waals surface area contributed by atoms with Gasteiger partial charge in [-0.05, 0) is 6.42 Å². The fraction of sp³-hybridized carbons (Fsp3) is 0.571. The smallest absolute Gasteiger partial charge is 0.481 e. The number of aliphatic carboxylic acids is 1. The predicted molar refractivity (Wildman–Crippen MR) is 52.5 cm³/mol. The molecule has 0 aliphatic carbocycles. The zero-order valence-corrected chi connectivity index (χ0v) is 9.75. The molecule has 0 saturated heterocycles. The van der Waals surface area contributed by atoms with Gasteiger partial charge in [-0.1, -0.05) is 0 Å². The molecule has 0 heterocycles. The first-order chi connectivity index (χ1) is 7.64. The molecule has 98 valence electrons. The van der Waals surface area contributed by atoms with Gasteiger partial charge < -0.3 is 19.9 Å². The summed E-state index contributed by atoms with van der Waals surface area (Å²) in [7, 11) is -4.83. The van der Waals surface area contributed by atoms with Crippen LogP contribution in [0.4, 0.5) is 0 Å². The monoisotopic (exact) mass is 269 g/mol. The third-order valence-electron chi connectivity index (χ3n) is 1.42. The fourth-order valence-electron chi connectivity index (χ4n) is 0.759. The van der Waals surface area contributed by atoms with Crippen LogP contribution in [0.3, 0.4) is 0 Å². The predicted octanol–water partition coefficient (Wildman–Crippen LogP) is -0.615. The van der Waals surface area contributed by atoms with Gasteiger partial charge in [-0.25, -0.2) is 9.36 Å². The quantitative estimate of drug-likeness (QED) is 0.535. The molecular formula is C7H12NO8P. The van der Waals surface area contributed by atoms with Crippen LogP contribution in [0.25, 0.3) is 0 Å². The largest absolute Gasteiger partial charge is 0.589 e. The molecule has 0 aliphatic heterocycles. The van der Waals surface area contributed by atoms with Gasteiger partial charge >= 0.3 is 25.7 Å². The van der Waals surface area contributed by atoms with Crippen LogP contribution in [0.1, 0.15) is 19.8 Å². The van der Waals surface area contributed by atoms with Crippen LogP contribution in [0.5, 0.6) is 0 Å². The maximum absolute atomic E-state index is 11.1. The van der Waals surface area contributed by atoms with E-state index in [4.69, 9.17) is 15.7 Å². The van der Waals surface area contributed by atoms with Gasteiger partial charge in [0, 0.05) is 13.3 Å². The molecule has 1 unspecified atom stereocenters. The van der Waals surface area contributed by atoms with Crippen molar-refractivity contribution in [3.05, 3.63) is 0 Å². The Hall–Kier alpha value is -1.44. The van der Waals surface area contributed by atoms with Crippen LogP contribution >= 0.6 is 7.82 Å². The lowest BCUT2D eigenvalue weighted by molar-refractivity contribution is -0.140. The summed E-state index contributed by atoms with van der Waals surface area (Å²) in [5, 5.41) is 8.31. The van der Waals surface area contributed by atoms with Crippen molar-refractivity contribution in [1.82, 2.24) is 0 Å². The molecule has 0 aromatic rings. The Morgan fingerprint density at radius 2 is 1.88 bits per heavy atom. The molecule has 0 aliphatic rings. The number of carbonyl (C=O) groups is 3. The molecule has 0 aromatic carbocycles. The molecule has 0 rings (SSSR count). The van der Waals surface area contributed by atoms with Gasteiger partial charge in [0.05, 0.1) is 0 Å². The van der Waals surface area contributed by atoms with Gasteiger partial charge in [0.2, 0.25) is 0 Å². The number of carbonyl (C=O) groups excluding carboxylic acids is 2. The van der Waals surface area contributed by atoms with E-state index >= 15 is 0 Å². The highest BCUT2D eigenvalue weighted by molar-refractivity contribution is 7.48. The summed E-state index contributed by atoms with van der Waals surface area (Å²) in [4.78, 5) is 40.5. The van der Waals surface area contributed by atoms with Crippen LogP contribution in [-0.4, -0.2) is 33.9 Å². The fourth-order valence-corrected chi connectivity index (χ4v) is 1.48. The van der Waals surface area contributed by atoms with Gasteiger partial charge in [0.1, 0.15) is 6.04 Å². The van der Waals surface area contributed by atoms with Gasteiger partial charge in [-0.3, -0.25) is 14.5 Å². The first-order valence-electron chi connectivity index (χ1n) is 4.38. The Morgan fingerprint density at radius 3 is 2.29 bits per heavy atom. The lowest BCUT2D eigenvalue weighted by Gasteiger charge is -2.13. The summed E-state index contributed by atoms with van der Waals surface area (Å²) < 4.78 is 18.8. The highest BCUT2D eigenvalue weighted by atomic mass is 31.2. The van der Waals surface area contributed by atoms with E-state index in [1.807, 2.05) is 0 Å². The summed E-state index contributed by atoms with van der Waals surface area (Å²) in [5.41, 5.74) is 5.19. The summed E-state index contributed by atoms with van der Waals surface area (Å²) in [6, 6.07) is -1.39. The number of hydrogen-bond donors (Lipinski definition) is 3. The van der Waals surface area contributed by atoms with E-state index in [0.29, 0.717) is 0 Å². The minimum Gasteiger partial charge on any atom is -0.481 e. The Kier molecular flexibility index (Phi) is 5.80. The van der Waals surface area contributed by atoms with E-state index < -0.39 is 38.2 Å². The van der Waals surface area contributed by atoms with E-state index in [1.54, 1.807) is 0 Å². The van der Waals surface area contributed by atoms with E-state index in [2.05, 4.69) is 9.05 Å². The van der Waals surface area contributed by atoms with E-state index in [0.717, 1.165) is 6.92 Å². The van der Waals surface area contributed by atoms with E-state index in [9.17, 15) is 18.9 Å². The Bertz CT molecular complexity index is 367. The second-order valence-electron chi connectivity index (χ2n) is 3.00. The first-order valence-corrected chi connectivity index (χ1v) is 5.87. The molecule has 0 radical (unpaired) electrons. The first kappa shape index (κ1) is 15.6. The summed E-state index contributed by atoms with van der Waals surface area (Å²) in [6.45, 7) is 0.848. The Balaban J connectivity index is 4.28. The number of phosphoric ester groups is 1. The van der Waals surface area contributed by atoms with Crippen molar-refractivity contribution in [1.29, 1.82) is 0 Å². The van der Waals surface area contributed by atoms with Crippen molar-refractivity contribution in [3.8, 4) is 0 Å². The maximum atomic E-state index is 11.1. The Morgan fingerprint density at radius 1 is 1.35 bits per heavy atom. The topological polar surface area (TPSA) is 153 Å². The zero-order chi connectivity index (χ0) is 13.6. The number of nitrogens with two attached hydrogens (primary N) is 1. The highest BCUT2D eigenvalue weighted by Gasteiger charge is 2.31. The number of phosphoric acid groups is 1. The van der Waals surface area contributed by atoms with Gasteiger partial charge in [0.15, 0.2) is 0 Å². The number of carboxylic acid groups (broad SMARTS) is 1. The molecule has 0 aromatic heterocycles. The molecule has 17 heavy (non-hydrogen) atoms. The molecule has 0 fully saturated rings. The zero-order valence-electron chi connectivity index (χ0n) is 8.86. The van der Waals surface area contributed by atoms with Crippen molar-refractivity contribution in [2.45, 2.75) is 25.8 Å². The normalized spacial score (nSPS) is 15.5. The van der Waals surface area contributed by atoms with E-state index in [1.165, 1.54) is 0 Å². The number of hydrogen-bond acceptors (Lipinski definition) is 7. The minimum atomic E-state index is -4.83. The molecule has 4 N–H and O–H groups in total. The summed E-state index contributed by atoms with van der Waals surface area (Å²) in [5.74, 6) is -3.61. The third-order valence-corrected chi connectivity index (χ3v) is 2.32. The van der Waals surface area contributed by atoms with Crippen LogP contribution in [0.15, 0.2) is 0 Å². The standard InChI is InChI=1S/C7H12NO8P/c1-4(9)15-17(13,14)16-7(12)5(8)2-3-6(10)11/h5H,2-3,8H2,1H3,(H,10,11)(H,13,14)/t5-/m0/s1. The van der Waals surface area contributed by atoms with Crippen LogP contribution < -0.4 is 5.73 Å². The summed E-state index contributed by atoms with van der Waals surface area (Å²) >= 11 is 0. The third kappa shape index (κ3) is 7.45. The molecule has 0 spiro atoms. The van der Waals surface area contributed by atoms with Gasteiger partial charge in [-0.2, -0.15) is 0 Å². The minimum absolute atomic E-state index is 0.270. The lowest BCUT2D eigenvalue weighted by atomic mass is 10.2. The maximum Gasteiger partial charge on any atom is 0.589 e. The molecule has 9 nitrogen and oxygen atoms in total. The second-order valence-corrected chi connectivity index (χ2v) is 4.30. The molecule has 0 saturated carbocycles. The van der Waals surface area contributed by atoms with Gasteiger partial charge in [0.25, 0.3) is 0 Å². The van der Waals surface area contributed by atoms with Crippen molar-refractivity contribution < 1.29 is 38.0 Å². The van der Waals surface area contributed by atoms with Crippen molar-refractivity contribution >= 4 is 25.7 Å². The molecule has 0 bridgehead atoms. The van der Waals surface area contributed by atoms with Crippen molar-refractivity contribution in [2.75, 3.05) is 0 Å². The molecule has 2 atom stereocenters. The average Bonchev–Trinajstić information content (AvgIpc) is 2.10. The average molecular weight is 269 g/mol. The van der Waals surface area contributed by atoms with Crippen LogP contribution in [-0.2, 0) is 28.0 Å². The van der Waals surface area contributed by atoms with Crippen molar-refractivity contribution in [2.24, 2.45) is 5.73 Å². The van der Waals surface area contributed by atoms with Gasteiger partial charge in [-0.15, -0.1) is 0 Å². The second kappa shape index (κ2) is 6.33. The van der Waals surface area contributed by atoms with Crippen LogP contribution in [0, 0.1) is 0 Å². The lowest BCUT2D eigenvalue weighted by Crippen LogP contribution is -2.32. The highest BCUT2D eigenvalue weighted by Crippen LogP contribution is 2.43. The number of carboxylic acids is 1. The van der Waals surface area contributed by atoms with Crippen LogP contribution in [0.2, 0.25) is 0 Å². The van der Waals surface area contributed by atoms with Crippen molar-refractivity contribution in [3.63, 3.8) is 0 Å².